The van der Waals surface area contributed by atoms with E-state index in [-0.39, 0.29) is 11.2 Å². The lowest BCUT2D eigenvalue weighted by molar-refractivity contribution is 0.103. The highest BCUT2D eigenvalue weighted by Crippen LogP contribution is 2.12. The van der Waals surface area contributed by atoms with Crippen LogP contribution in [-0.2, 0) is 0 Å². The molecule has 102 valence electrons. The molecule has 0 unspecified atom stereocenters. The first-order valence-corrected chi connectivity index (χ1v) is 6.47. The van der Waals surface area contributed by atoms with Crippen molar-refractivity contribution in [3.63, 3.8) is 0 Å². The minimum absolute atomic E-state index is 0.0317. The van der Waals surface area contributed by atoms with Gasteiger partial charge in [-0.1, -0.05) is 0 Å². The van der Waals surface area contributed by atoms with Crippen molar-refractivity contribution < 1.29 is 4.79 Å². The van der Waals surface area contributed by atoms with Crippen molar-refractivity contribution in [3.8, 4) is 5.69 Å². The Morgan fingerprint density at radius 2 is 1.38 bits per heavy atom. The van der Waals surface area contributed by atoms with Crippen LogP contribution >= 0.6 is 0 Å². The fourth-order valence-electron chi connectivity index (χ4n) is 2.04. The number of nitrogens with zero attached hydrogens (tertiary/aromatic N) is 2. The first kappa shape index (κ1) is 13.0. The van der Waals surface area contributed by atoms with E-state index in [1.807, 2.05) is 16.7 Å². The number of ketones is 1. The first-order chi connectivity index (χ1) is 10.2. The Labute approximate surface area is 121 Å². The summed E-state index contributed by atoms with van der Waals surface area (Å²) < 4.78 is 1.82. The van der Waals surface area contributed by atoms with Gasteiger partial charge in [0.1, 0.15) is 0 Å². The maximum Gasteiger partial charge on any atom is 0.193 e. The molecule has 3 aromatic rings. The quantitative estimate of drug-likeness (QED) is 0.690. The predicted octanol–water partition coefficient (Wildman–Crippen LogP) is 2.46. The Morgan fingerprint density at radius 3 is 2.00 bits per heavy atom. The molecule has 0 saturated carbocycles. The van der Waals surface area contributed by atoms with Gasteiger partial charge in [-0.2, -0.15) is 0 Å². The number of pyridine rings is 2. The molecule has 4 nitrogen and oxygen atoms in total. The highest BCUT2D eigenvalue weighted by molar-refractivity contribution is 6.08. The molecule has 1 aromatic carbocycles. The van der Waals surface area contributed by atoms with Gasteiger partial charge in [-0.05, 0) is 36.4 Å². The Balaban J connectivity index is 1.89. The van der Waals surface area contributed by atoms with E-state index in [2.05, 4.69) is 4.98 Å². The number of aromatic nitrogens is 2. The zero-order chi connectivity index (χ0) is 14.7. The Kier molecular flexibility index (Phi) is 3.43. The minimum atomic E-state index is -0.0381. The number of hydrogen-bond donors (Lipinski definition) is 0. The fraction of sp³-hybridized carbons (Fsp3) is 0. The Morgan fingerprint density at radius 1 is 0.810 bits per heavy atom. The molecular weight excluding hydrogens is 264 g/mol. The topological polar surface area (TPSA) is 52.0 Å². The first-order valence-electron chi connectivity index (χ1n) is 6.47. The van der Waals surface area contributed by atoms with Gasteiger partial charge in [0.15, 0.2) is 11.2 Å². The number of benzene rings is 1. The average Bonchev–Trinajstić information content (AvgIpc) is 2.56. The number of rotatable bonds is 3. The Bertz CT molecular complexity index is 801. The SMILES string of the molecule is O=C(c1ccncc1)c1ccc(-n2ccc(=O)cc2)cc1. The molecule has 3 rings (SSSR count). The summed E-state index contributed by atoms with van der Waals surface area (Å²) in [7, 11) is 0. The summed E-state index contributed by atoms with van der Waals surface area (Å²) in [5.41, 5.74) is 2.09. The third-order valence-corrected chi connectivity index (χ3v) is 3.17. The predicted molar refractivity (Wildman–Crippen MR) is 79.7 cm³/mol. The summed E-state index contributed by atoms with van der Waals surface area (Å²) in [6, 6.07) is 13.6. The van der Waals surface area contributed by atoms with Gasteiger partial charge < -0.3 is 4.57 Å². The van der Waals surface area contributed by atoms with Crippen LogP contribution in [0.1, 0.15) is 15.9 Å². The largest absolute Gasteiger partial charge is 0.324 e. The molecule has 0 amide bonds. The molecule has 0 bridgehead atoms. The lowest BCUT2D eigenvalue weighted by Crippen LogP contribution is -2.03. The standard InChI is InChI=1S/C17H12N2O2/c20-16-7-11-19(12-8-16)15-3-1-13(2-4-15)17(21)14-5-9-18-10-6-14/h1-12H. The summed E-state index contributed by atoms with van der Waals surface area (Å²) in [6.07, 6.45) is 6.59. The van der Waals surface area contributed by atoms with Crippen molar-refractivity contribution in [2.24, 2.45) is 0 Å². The fourth-order valence-corrected chi connectivity index (χ4v) is 2.04. The highest BCUT2D eigenvalue weighted by atomic mass is 16.1. The van der Waals surface area contributed by atoms with Crippen molar-refractivity contribution in [1.82, 2.24) is 9.55 Å². The van der Waals surface area contributed by atoms with Gasteiger partial charge >= 0.3 is 0 Å². The highest BCUT2D eigenvalue weighted by Gasteiger charge is 2.08. The van der Waals surface area contributed by atoms with Crippen LogP contribution in [0.2, 0.25) is 0 Å². The zero-order valence-corrected chi connectivity index (χ0v) is 11.1. The van der Waals surface area contributed by atoms with Gasteiger partial charge in [0.25, 0.3) is 0 Å². The summed E-state index contributed by atoms with van der Waals surface area (Å²) in [5.74, 6) is -0.0381. The van der Waals surface area contributed by atoms with Gasteiger partial charge in [0.05, 0.1) is 0 Å². The maximum atomic E-state index is 12.3. The zero-order valence-electron chi connectivity index (χ0n) is 11.1. The van der Waals surface area contributed by atoms with Gasteiger partial charge in [-0.15, -0.1) is 0 Å². The lowest BCUT2D eigenvalue weighted by atomic mass is 10.0. The Hall–Kier alpha value is -3.01. The van der Waals surface area contributed by atoms with E-state index in [4.69, 9.17) is 0 Å². The molecule has 0 radical (unpaired) electrons. The maximum absolute atomic E-state index is 12.3. The third kappa shape index (κ3) is 2.79. The van der Waals surface area contributed by atoms with Crippen LogP contribution in [0.3, 0.4) is 0 Å². The minimum Gasteiger partial charge on any atom is -0.324 e. The molecule has 2 heterocycles. The van der Waals surface area contributed by atoms with Gasteiger partial charge in [-0.3, -0.25) is 14.6 Å². The summed E-state index contributed by atoms with van der Waals surface area (Å²) in [4.78, 5) is 27.3. The van der Waals surface area contributed by atoms with E-state index in [0.717, 1.165) is 5.69 Å². The number of carbonyl (C=O) groups excluding carboxylic acids is 1. The summed E-state index contributed by atoms with van der Waals surface area (Å²) in [5, 5.41) is 0. The van der Waals surface area contributed by atoms with Crippen molar-refractivity contribution in [1.29, 1.82) is 0 Å². The second kappa shape index (κ2) is 5.54. The molecule has 0 aliphatic heterocycles. The van der Waals surface area contributed by atoms with Crippen LogP contribution in [0.4, 0.5) is 0 Å². The van der Waals surface area contributed by atoms with E-state index in [0.29, 0.717) is 11.1 Å². The molecule has 0 aliphatic rings. The molecule has 0 atom stereocenters. The van der Waals surface area contributed by atoms with Crippen molar-refractivity contribution in [3.05, 3.63) is 94.7 Å². The van der Waals surface area contributed by atoms with Gasteiger partial charge in [-0.25, -0.2) is 0 Å². The smallest absolute Gasteiger partial charge is 0.193 e. The monoisotopic (exact) mass is 276 g/mol. The molecule has 21 heavy (non-hydrogen) atoms. The van der Waals surface area contributed by atoms with E-state index in [1.54, 1.807) is 49.1 Å². The van der Waals surface area contributed by atoms with E-state index in [9.17, 15) is 9.59 Å². The van der Waals surface area contributed by atoms with Crippen LogP contribution in [0.25, 0.3) is 5.69 Å². The van der Waals surface area contributed by atoms with Crippen molar-refractivity contribution >= 4 is 5.78 Å². The van der Waals surface area contributed by atoms with Gasteiger partial charge in [0.2, 0.25) is 0 Å². The van der Waals surface area contributed by atoms with E-state index < -0.39 is 0 Å². The third-order valence-electron chi connectivity index (χ3n) is 3.17. The second-order valence-corrected chi connectivity index (χ2v) is 4.55. The van der Waals surface area contributed by atoms with Gasteiger partial charge in [0, 0.05) is 53.7 Å². The molecule has 0 fully saturated rings. The number of carbonyl (C=O) groups is 1. The second-order valence-electron chi connectivity index (χ2n) is 4.55. The lowest BCUT2D eigenvalue weighted by Gasteiger charge is -2.07. The number of hydrogen-bond acceptors (Lipinski definition) is 3. The molecule has 0 saturated heterocycles. The van der Waals surface area contributed by atoms with Crippen LogP contribution in [0, 0.1) is 0 Å². The molecule has 4 heteroatoms. The molecule has 2 aromatic heterocycles. The van der Waals surface area contributed by atoms with Crippen LogP contribution in [0.15, 0.2) is 78.1 Å². The summed E-state index contributed by atoms with van der Waals surface area (Å²) in [6.45, 7) is 0. The van der Waals surface area contributed by atoms with Crippen molar-refractivity contribution in [2.45, 2.75) is 0 Å². The van der Waals surface area contributed by atoms with Crippen LogP contribution in [-0.4, -0.2) is 15.3 Å². The molecule has 0 spiro atoms. The molecule has 0 N–H and O–H groups in total. The summed E-state index contributed by atoms with van der Waals surface area (Å²) >= 11 is 0. The normalized spacial score (nSPS) is 10.3. The van der Waals surface area contributed by atoms with Crippen molar-refractivity contribution in [2.75, 3.05) is 0 Å². The van der Waals surface area contributed by atoms with Crippen LogP contribution in [0.5, 0.6) is 0 Å². The molecule has 0 aliphatic carbocycles. The average molecular weight is 276 g/mol. The van der Waals surface area contributed by atoms with E-state index in [1.165, 1.54) is 12.1 Å². The van der Waals surface area contributed by atoms with Crippen LogP contribution < -0.4 is 5.43 Å². The van der Waals surface area contributed by atoms with E-state index >= 15 is 0 Å². The molecular formula is C17H12N2O2.